The van der Waals surface area contributed by atoms with Crippen molar-refractivity contribution in [3.05, 3.63) is 26.6 Å². The molecule has 2 unspecified atom stereocenters. The third-order valence-corrected chi connectivity index (χ3v) is 5.22. The van der Waals surface area contributed by atoms with Gasteiger partial charge in [-0.15, -0.1) is 0 Å². The summed E-state index contributed by atoms with van der Waals surface area (Å²) in [6, 6.07) is 3.77. The second-order valence-electron chi connectivity index (χ2n) is 5.61. The van der Waals surface area contributed by atoms with E-state index in [1.54, 1.807) is 0 Å². The van der Waals surface area contributed by atoms with E-state index in [1.165, 1.54) is 0 Å². The van der Waals surface area contributed by atoms with Crippen LogP contribution < -0.4 is 4.74 Å². The molecule has 1 spiro atoms. The molecule has 1 N–H and O–H groups in total. The number of aliphatic hydroxyl groups is 1. The summed E-state index contributed by atoms with van der Waals surface area (Å²) < 4.78 is 19.3. The molecule has 0 radical (unpaired) electrons. The van der Waals surface area contributed by atoms with Crippen molar-refractivity contribution < 1.29 is 19.3 Å². The molecule has 2 aliphatic rings. The van der Waals surface area contributed by atoms with Crippen molar-refractivity contribution in [2.75, 3.05) is 19.8 Å². The third kappa shape index (κ3) is 3.45. The molecule has 2 fully saturated rings. The predicted octanol–water partition coefficient (Wildman–Crippen LogP) is 3.42. The standard InChI is InChI=1S/C15H18Br2O4/c16-12-5-10(8-18)6-13(17)14(12)21-11-1-3-20-15(7-11)2-4-19-9-15/h5-6,11,18H,1-4,7-9H2. The summed E-state index contributed by atoms with van der Waals surface area (Å²) in [7, 11) is 0. The molecule has 2 heterocycles. The Morgan fingerprint density at radius 1 is 1.29 bits per heavy atom. The normalized spacial score (nSPS) is 29.0. The first-order valence-corrected chi connectivity index (χ1v) is 8.68. The molecule has 0 amide bonds. The van der Waals surface area contributed by atoms with Gasteiger partial charge in [-0.1, -0.05) is 0 Å². The fraction of sp³-hybridized carbons (Fsp3) is 0.600. The van der Waals surface area contributed by atoms with E-state index in [0.717, 1.165) is 46.1 Å². The van der Waals surface area contributed by atoms with Gasteiger partial charge in [0.05, 0.1) is 34.4 Å². The largest absolute Gasteiger partial charge is 0.488 e. The minimum absolute atomic E-state index is 0.00913. The summed E-state index contributed by atoms with van der Waals surface area (Å²) >= 11 is 7.04. The molecule has 21 heavy (non-hydrogen) atoms. The summed E-state index contributed by atoms with van der Waals surface area (Å²) in [5.41, 5.74) is 0.682. The molecule has 0 saturated carbocycles. The highest BCUT2D eigenvalue weighted by Crippen LogP contribution is 2.39. The summed E-state index contributed by atoms with van der Waals surface area (Å²) in [5.74, 6) is 0.785. The van der Waals surface area contributed by atoms with Crippen molar-refractivity contribution >= 4 is 31.9 Å². The average Bonchev–Trinajstić information content (AvgIpc) is 2.90. The number of halogens is 2. The predicted molar refractivity (Wildman–Crippen MR) is 85.5 cm³/mol. The van der Waals surface area contributed by atoms with Crippen LogP contribution in [0.25, 0.3) is 0 Å². The van der Waals surface area contributed by atoms with Crippen molar-refractivity contribution in [1.82, 2.24) is 0 Å². The number of rotatable bonds is 3. The lowest BCUT2D eigenvalue weighted by Gasteiger charge is -2.37. The molecule has 2 atom stereocenters. The Labute approximate surface area is 141 Å². The van der Waals surface area contributed by atoms with Gasteiger partial charge in [-0.2, -0.15) is 0 Å². The van der Waals surface area contributed by atoms with Gasteiger partial charge < -0.3 is 19.3 Å². The zero-order valence-electron chi connectivity index (χ0n) is 11.6. The summed E-state index contributed by atoms with van der Waals surface area (Å²) in [6.07, 6.45) is 2.79. The Morgan fingerprint density at radius 3 is 2.67 bits per heavy atom. The molecule has 6 heteroatoms. The highest BCUT2D eigenvalue weighted by molar-refractivity contribution is 9.11. The SMILES string of the molecule is OCc1cc(Br)c(OC2CCOC3(CCOC3)C2)c(Br)c1. The van der Waals surface area contributed by atoms with Crippen molar-refractivity contribution in [2.24, 2.45) is 0 Å². The van der Waals surface area contributed by atoms with Gasteiger partial charge >= 0.3 is 0 Å². The van der Waals surface area contributed by atoms with Crippen molar-refractivity contribution in [3.63, 3.8) is 0 Å². The van der Waals surface area contributed by atoms with Crippen LogP contribution in [-0.2, 0) is 16.1 Å². The van der Waals surface area contributed by atoms with E-state index in [4.69, 9.17) is 14.2 Å². The number of hydrogen-bond donors (Lipinski definition) is 1. The molecular weight excluding hydrogens is 404 g/mol. The molecule has 1 aromatic carbocycles. The fourth-order valence-corrected chi connectivity index (χ4v) is 4.40. The quantitative estimate of drug-likeness (QED) is 0.812. The topological polar surface area (TPSA) is 47.9 Å². The average molecular weight is 422 g/mol. The fourth-order valence-electron chi connectivity index (χ4n) is 2.93. The second-order valence-corrected chi connectivity index (χ2v) is 7.32. The lowest BCUT2D eigenvalue weighted by Crippen LogP contribution is -2.44. The van der Waals surface area contributed by atoms with E-state index in [9.17, 15) is 5.11 Å². The minimum Gasteiger partial charge on any atom is -0.488 e. The van der Waals surface area contributed by atoms with Gasteiger partial charge in [-0.3, -0.25) is 0 Å². The van der Waals surface area contributed by atoms with Gasteiger partial charge in [0.25, 0.3) is 0 Å². The first-order chi connectivity index (χ1) is 10.1. The number of aliphatic hydroxyl groups excluding tert-OH is 1. The lowest BCUT2D eigenvalue weighted by atomic mass is 9.91. The Kier molecular flexibility index (Phi) is 4.90. The van der Waals surface area contributed by atoms with E-state index in [1.807, 2.05) is 12.1 Å². The van der Waals surface area contributed by atoms with Crippen LogP contribution in [-0.4, -0.2) is 36.6 Å². The van der Waals surface area contributed by atoms with Crippen LogP contribution >= 0.6 is 31.9 Å². The molecule has 2 saturated heterocycles. The highest BCUT2D eigenvalue weighted by atomic mass is 79.9. The minimum atomic E-state index is -0.160. The van der Waals surface area contributed by atoms with Crippen LogP contribution in [0.15, 0.2) is 21.1 Å². The Morgan fingerprint density at radius 2 is 2.05 bits per heavy atom. The van der Waals surface area contributed by atoms with E-state index in [2.05, 4.69) is 31.9 Å². The number of benzene rings is 1. The molecule has 1 aromatic rings. The monoisotopic (exact) mass is 420 g/mol. The van der Waals surface area contributed by atoms with E-state index in [-0.39, 0.29) is 18.3 Å². The second kappa shape index (κ2) is 6.54. The molecule has 2 aliphatic heterocycles. The van der Waals surface area contributed by atoms with Crippen molar-refractivity contribution in [1.29, 1.82) is 0 Å². The smallest absolute Gasteiger partial charge is 0.148 e. The Bertz CT molecular complexity index is 491. The van der Waals surface area contributed by atoms with Crippen LogP contribution in [0.3, 0.4) is 0 Å². The Hall–Kier alpha value is -0.140. The first kappa shape index (κ1) is 15.7. The molecule has 3 rings (SSSR count). The zero-order chi connectivity index (χ0) is 14.9. The van der Waals surface area contributed by atoms with Crippen LogP contribution in [0.1, 0.15) is 24.8 Å². The van der Waals surface area contributed by atoms with Crippen LogP contribution in [0.2, 0.25) is 0 Å². The molecule has 4 nitrogen and oxygen atoms in total. The Balaban J connectivity index is 1.74. The summed E-state index contributed by atoms with van der Waals surface area (Å²) in [4.78, 5) is 0. The molecule has 116 valence electrons. The first-order valence-electron chi connectivity index (χ1n) is 7.09. The highest BCUT2D eigenvalue weighted by Gasteiger charge is 2.42. The van der Waals surface area contributed by atoms with Gasteiger partial charge in [0.2, 0.25) is 0 Å². The lowest BCUT2D eigenvalue weighted by molar-refractivity contribution is -0.112. The molecular formula is C15H18Br2O4. The van der Waals surface area contributed by atoms with E-state index in [0.29, 0.717) is 13.2 Å². The number of hydrogen-bond acceptors (Lipinski definition) is 4. The van der Waals surface area contributed by atoms with Crippen molar-refractivity contribution in [3.8, 4) is 5.75 Å². The van der Waals surface area contributed by atoms with Gasteiger partial charge in [-0.05, 0) is 49.6 Å². The van der Waals surface area contributed by atoms with E-state index >= 15 is 0 Å². The van der Waals surface area contributed by atoms with Crippen LogP contribution in [0.4, 0.5) is 0 Å². The maximum absolute atomic E-state index is 9.23. The van der Waals surface area contributed by atoms with Crippen LogP contribution in [0.5, 0.6) is 5.75 Å². The third-order valence-electron chi connectivity index (χ3n) is 4.04. The molecule has 0 aromatic heterocycles. The summed E-state index contributed by atoms with van der Waals surface area (Å²) in [6.45, 7) is 2.15. The van der Waals surface area contributed by atoms with Gasteiger partial charge in [0.15, 0.2) is 0 Å². The number of ether oxygens (including phenoxy) is 3. The van der Waals surface area contributed by atoms with Crippen LogP contribution in [0, 0.1) is 0 Å². The molecule has 0 aliphatic carbocycles. The van der Waals surface area contributed by atoms with E-state index < -0.39 is 0 Å². The van der Waals surface area contributed by atoms with Crippen molar-refractivity contribution in [2.45, 2.75) is 37.6 Å². The van der Waals surface area contributed by atoms with Gasteiger partial charge in [0, 0.05) is 25.9 Å². The zero-order valence-corrected chi connectivity index (χ0v) is 14.8. The maximum Gasteiger partial charge on any atom is 0.148 e. The van der Waals surface area contributed by atoms with Gasteiger partial charge in [-0.25, -0.2) is 0 Å². The summed E-state index contributed by atoms with van der Waals surface area (Å²) in [5, 5.41) is 9.23. The van der Waals surface area contributed by atoms with Gasteiger partial charge in [0.1, 0.15) is 11.9 Å². The molecule has 0 bridgehead atoms. The maximum atomic E-state index is 9.23.